The van der Waals surface area contributed by atoms with E-state index in [1.807, 2.05) is 0 Å². The van der Waals surface area contributed by atoms with Crippen molar-refractivity contribution in [3.8, 4) is 0 Å². The van der Waals surface area contributed by atoms with E-state index in [1.54, 1.807) is 13.8 Å². The summed E-state index contributed by atoms with van der Waals surface area (Å²) in [7, 11) is 1.45. The van der Waals surface area contributed by atoms with Gasteiger partial charge in [-0.3, -0.25) is 0 Å². The van der Waals surface area contributed by atoms with Crippen LogP contribution in [0.5, 0.6) is 0 Å². The number of aliphatic hydroxyl groups is 1. The van der Waals surface area contributed by atoms with Crippen molar-refractivity contribution in [3.63, 3.8) is 0 Å². The summed E-state index contributed by atoms with van der Waals surface area (Å²) >= 11 is 0. The van der Waals surface area contributed by atoms with E-state index in [0.717, 1.165) is 0 Å². The van der Waals surface area contributed by atoms with Gasteiger partial charge in [-0.1, -0.05) is 0 Å². The van der Waals surface area contributed by atoms with E-state index in [2.05, 4.69) is 0 Å². The first-order valence-corrected chi connectivity index (χ1v) is 3.64. The minimum Gasteiger partial charge on any atom is -0.496 e. The van der Waals surface area contributed by atoms with Crippen molar-refractivity contribution < 1.29 is 19.4 Å². The number of ether oxygens (including phenoxy) is 2. The van der Waals surface area contributed by atoms with Gasteiger partial charge in [0.05, 0.1) is 19.3 Å². The fourth-order valence-corrected chi connectivity index (χ4v) is 1.29. The summed E-state index contributed by atoms with van der Waals surface area (Å²) < 4.78 is 9.90. The van der Waals surface area contributed by atoms with Crippen LogP contribution in [0, 0.1) is 0 Å². The Hall–Kier alpha value is -1.03. The van der Waals surface area contributed by atoms with Gasteiger partial charge in [0.1, 0.15) is 0 Å². The topological polar surface area (TPSA) is 55.8 Å². The summed E-state index contributed by atoms with van der Waals surface area (Å²) in [4.78, 5) is 11.0. The van der Waals surface area contributed by atoms with Crippen LogP contribution in [-0.2, 0) is 14.3 Å². The van der Waals surface area contributed by atoms with Crippen molar-refractivity contribution in [2.45, 2.75) is 19.4 Å². The number of cyclic esters (lactones) is 1. The minimum atomic E-state index is -0.990. The maximum atomic E-state index is 11.0. The Balaban J connectivity index is 3.06. The normalized spacial score (nSPS) is 29.2. The molecule has 0 fully saturated rings. The first kappa shape index (κ1) is 9.06. The number of hydrogen-bond acceptors (Lipinski definition) is 4. The van der Waals surface area contributed by atoms with Crippen LogP contribution in [0.4, 0.5) is 0 Å². The molecule has 0 saturated carbocycles. The van der Waals surface area contributed by atoms with Crippen LogP contribution in [0.2, 0.25) is 0 Å². The van der Waals surface area contributed by atoms with E-state index in [-0.39, 0.29) is 6.61 Å². The van der Waals surface area contributed by atoms with Gasteiger partial charge in [0.15, 0.2) is 11.4 Å². The standard InChI is InChI=1S/C8H12O4/c1-5-6(11-3)8(2,4-9)12-7(5)10/h9H,4H2,1-3H3/t8-/m1/s1. The molecule has 4 nitrogen and oxygen atoms in total. The largest absolute Gasteiger partial charge is 0.496 e. The lowest BCUT2D eigenvalue weighted by Gasteiger charge is -2.22. The van der Waals surface area contributed by atoms with Gasteiger partial charge < -0.3 is 14.6 Å². The number of hydrogen-bond donors (Lipinski definition) is 1. The van der Waals surface area contributed by atoms with Gasteiger partial charge in [-0.2, -0.15) is 0 Å². The van der Waals surface area contributed by atoms with Crippen molar-refractivity contribution in [2.75, 3.05) is 13.7 Å². The average molecular weight is 172 g/mol. The molecule has 68 valence electrons. The molecule has 1 aliphatic rings. The third kappa shape index (κ3) is 1.08. The summed E-state index contributed by atoms with van der Waals surface area (Å²) in [5, 5.41) is 8.97. The number of aliphatic hydroxyl groups excluding tert-OH is 1. The highest BCUT2D eigenvalue weighted by atomic mass is 16.6. The van der Waals surface area contributed by atoms with Crippen molar-refractivity contribution in [1.29, 1.82) is 0 Å². The molecule has 0 spiro atoms. The molecule has 0 bridgehead atoms. The van der Waals surface area contributed by atoms with E-state index in [9.17, 15) is 4.79 Å². The maximum absolute atomic E-state index is 11.0. The first-order valence-electron chi connectivity index (χ1n) is 3.64. The average Bonchev–Trinajstić information content (AvgIpc) is 2.25. The Morgan fingerprint density at radius 3 is 2.58 bits per heavy atom. The van der Waals surface area contributed by atoms with E-state index in [0.29, 0.717) is 11.3 Å². The zero-order valence-electron chi connectivity index (χ0n) is 7.38. The smallest absolute Gasteiger partial charge is 0.338 e. The SMILES string of the molecule is COC1=C(C)C(=O)O[C@]1(C)CO. The van der Waals surface area contributed by atoms with Crippen molar-refractivity contribution >= 4 is 5.97 Å². The molecule has 12 heavy (non-hydrogen) atoms. The minimum absolute atomic E-state index is 0.265. The van der Waals surface area contributed by atoms with Gasteiger partial charge in [-0.05, 0) is 13.8 Å². The summed E-state index contributed by atoms with van der Waals surface area (Å²) in [6.45, 7) is 2.96. The molecule has 1 aliphatic heterocycles. The number of carbonyl (C=O) groups excluding carboxylic acids is 1. The molecule has 0 unspecified atom stereocenters. The summed E-state index contributed by atoms with van der Waals surface area (Å²) in [5.41, 5.74) is -0.565. The second kappa shape index (κ2) is 2.79. The number of carbonyl (C=O) groups is 1. The van der Waals surface area contributed by atoms with E-state index < -0.39 is 11.6 Å². The second-order valence-corrected chi connectivity index (χ2v) is 2.94. The predicted octanol–water partition coefficient (Wildman–Crippen LogP) is 0.215. The van der Waals surface area contributed by atoms with Gasteiger partial charge in [-0.25, -0.2) is 4.79 Å². The lowest BCUT2D eigenvalue weighted by atomic mass is 10.0. The summed E-state index contributed by atoms with van der Waals surface area (Å²) in [5.74, 6) is -0.0154. The van der Waals surface area contributed by atoms with Crippen LogP contribution in [0.3, 0.4) is 0 Å². The molecular weight excluding hydrogens is 160 g/mol. The Labute approximate surface area is 70.8 Å². The molecule has 0 aromatic heterocycles. The molecule has 0 radical (unpaired) electrons. The summed E-state index contributed by atoms with van der Waals surface area (Å²) in [6, 6.07) is 0. The monoisotopic (exact) mass is 172 g/mol. The van der Waals surface area contributed by atoms with Gasteiger partial charge in [-0.15, -0.1) is 0 Å². The Morgan fingerprint density at radius 2 is 2.25 bits per heavy atom. The van der Waals surface area contributed by atoms with Crippen molar-refractivity contribution in [2.24, 2.45) is 0 Å². The van der Waals surface area contributed by atoms with Crippen molar-refractivity contribution in [1.82, 2.24) is 0 Å². The molecule has 0 aromatic rings. The van der Waals surface area contributed by atoms with E-state index in [1.165, 1.54) is 7.11 Å². The second-order valence-electron chi connectivity index (χ2n) is 2.94. The van der Waals surface area contributed by atoms with Gasteiger partial charge in [0, 0.05) is 0 Å². The Bertz CT molecular complexity index is 243. The van der Waals surface area contributed by atoms with E-state index in [4.69, 9.17) is 14.6 Å². The van der Waals surface area contributed by atoms with Crippen molar-refractivity contribution in [3.05, 3.63) is 11.3 Å². The number of rotatable bonds is 2. The molecule has 0 amide bonds. The lowest BCUT2D eigenvalue weighted by Crippen LogP contribution is -2.33. The fraction of sp³-hybridized carbons (Fsp3) is 0.625. The first-order chi connectivity index (χ1) is 5.55. The quantitative estimate of drug-likeness (QED) is 0.605. The Morgan fingerprint density at radius 1 is 1.67 bits per heavy atom. The molecule has 0 aromatic carbocycles. The number of esters is 1. The van der Waals surface area contributed by atoms with Gasteiger partial charge >= 0.3 is 5.97 Å². The molecule has 1 atom stereocenters. The predicted molar refractivity (Wildman–Crippen MR) is 41.3 cm³/mol. The van der Waals surface area contributed by atoms with Crippen LogP contribution in [0.1, 0.15) is 13.8 Å². The van der Waals surface area contributed by atoms with Crippen LogP contribution in [-0.4, -0.2) is 30.4 Å². The molecular formula is C8H12O4. The fourth-order valence-electron chi connectivity index (χ4n) is 1.29. The third-order valence-corrected chi connectivity index (χ3v) is 1.95. The summed E-state index contributed by atoms with van der Waals surface area (Å²) in [6.07, 6.45) is 0. The molecule has 1 rings (SSSR count). The molecule has 0 saturated heterocycles. The molecule has 1 heterocycles. The van der Waals surface area contributed by atoms with Gasteiger partial charge in [0.2, 0.25) is 0 Å². The van der Waals surface area contributed by atoms with Gasteiger partial charge in [0.25, 0.3) is 0 Å². The van der Waals surface area contributed by atoms with Crippen LogP contribution in [0.25, 0.3) is 0 Å². The van der Waals surface area contributed by atoms with Crippen LogP contribution >= 0.6 is 0 Å². The maximum Gasteiger partial charge on any atom is 0.338 e. The van der Waals surface area contributed by atoms with Crippen LogP contribution < -0.4 is 0 Å². The molecule has 0 aliphatic carbocycles. The highest BCUT2D eigenvalue weighted by Crippen LogP contribution is 2.32. The highest BCUT2D eigenvalue weighted by Gasteiger charge is 2.43. The third-order valence-electron chi connectivity index (χ3n) is 1.95. The Kier molecular flexibility index (Phi) is 2.10. The zero-order valence-corrected chi connectivity index (χ0v) is 7.38. The lowest BCUT2D eigenvalue weighted by molar-refractivity contribution is -0.150. The number of methoxy groups -OCH3 is 1. The molecule has 4 heteroatoms. The zero-order chi connectivity index (χ0) is 9.35. The molecule has 1 N–H and O–H groups in total. The highest BCUT2D eigenvalue weighted by molar-refractivity contribution is 5.91. The van der Waals surface area contributed by atoms with Crippen LogP contribution in [0.15, 0.2) is 11.3 Å². The van der Waals surface area contributed by atoms with E-state index >= 15 is 0 Å².